The van der Waals surface area contributed by atoms with Crippen molar-refractivity contribution in [3.8, 4) is 11.5 Å². The van der Waals surface area contributed by atoms with Gasteiger partial charge in [-0.2, -0.15) is 0 Å². The number of nitrogens with zero attached hydrogens (tertiary/aromatic N) is 1. The van der Waals surface area contributed by atoms with E-state index < -0.39 is 23.7 Å². The van der Waals surface area contributed by atoms with Gasteiger partial charge in [-0.15, -0.1) is 0 Å². The van der Waals surface area contributed by atoms with Crippen LogP contribution in [0.4, 0.5) is 4.79 Å². The van der Waals surface area contributed by atoms with Crippen LogP contribution in [0.25, 0.3) is 0 Å². The highest BCUT2D eigenvalue weighted by Gasteiger charge is 2.50. The van der Waals surface area contributed by atoms with Crippen LogP contribution in [-0.2, 0) is 16.9 Å². The second-order valence-corrected chi connectivity index (χ2v) is 6.70. The lowest BCUT2D eigenvalue weighted by molar-refractivity contribution is -0.126. The highest BCUT2D eigenvalue weighted by Crippen LogP contribution is 2.37. The first-order chi connectivity index (χ1) is 12.9. The Hall–Kier alpha value is -3.10. The number of imide groups is 1. The number of carbonyl (C=O) groups is 2. The van der Waals surface area contributed by atoms with Gasteiger partial charge in [0.2, 0.25) is 0 Å². The number of benzene rings is 2. The zero-order valence-electron chi connectivity index (χ0n) is 14.6. The van der Waals surface area contributed by atoms with Crippen LogP contribution in [0.3, 0.4) is 0 Å². The van der Waals surface area contributed by atoms with E-state index in [0.29, 0.717) is 23.4 Å². The van der Waals surface area contributed by atoms with E-state index in [2.05, 4.69) is 10.6 Å². The van der Waals surface area contributed by atoms with Crippen LogP contribution in [-0.4, -0.2) is 40.7 Å². The number of hydrogen-bond acceptors (Lipinski definition) is 6. The summed E-state index contributed by atoms with van der Waals surface area (Å²) in [6, 6.07) is 10.9. The maximum Gasteiger partial charge on any atom is 0.322 e. The molecular weight excluding hydrogens is 350 g/mol. The molecule has 2 heterocycles. The van der Waals surface area contributed by atoms with Crippen molar-refractivity contribution in [2.45, 2.75) is 18.3 Å². The van der Waals surface area contributed by atoms with Crippen LogP contribution in [0.5, 0.6) is 11.5 Å². The Labute approximate surface area is 155 Å². The van der Waals surface area contributed by atoms with Gasteiger partial charge in [0.25, 0.3) is 5.91 Å². The molecule has 0 radical (unpaired) electrons. The molecule has 2 aromatic carbocycles. The molecule has 4 rings (SSSR count). The van der Waals surface area contributed by atoms with E-state index in [-0.39, 0.29) is 12.3 Å². The second-order valence-electron chi connectivity index (χ2n) is 6.70. The molecule has 0 spiro atoms. The van der Waals surface area contributed by atoms with Crippen molar-refractivity contribution >= 4 is 11.9 Å². The predicted molar refractivity (Wildman–Crippen MR) is 94.8 cm³/mol. The third-order valence-electron chi connectivity index (χ3n) is 5.09. The molecule has 2 atom stereocenters. The van der Waals surface area contributed by atoms with Crippen LogP contribution in [0, 0.1) is 0 Å². The highest BCUT2D eigenvalue weighted by atomic mass is 16.5. The van der Waals surface area contributed by atoms with E-state index in [4.69, 9.17) is 4.74 Å². The van der Waals surface area contributed by atoms with Crippen LogP contribution in [0.15, 0.2) is 42.5 Å². The summed E-state index contributed by atoms with van der Waals surface area (Å²) in [6.07, 6.45) is -0.936. The van der Waals surface area contributed by atoms with Gasteiger partial charge in [-0.3, -0.25) is 15.0 Å². The molecule has 0 bridgehead atoms. The fourth-order valence-electron chi connectivity index (χ4n) is 3.68. The lowest BCUT2D eigenvalue weighted by Gasteiger charge is -2.33. The van der Waals surface area contributed by atoms with Crippen molar-refractivity contribution in [1.82, 2.24) is 15.5 Å². The predicted octanol–water partition coefficient (Wildman–Crippen LogP) is 0.942. The molecule has 0 saturated carbocycles. The van der Waals surface area contributed by atoms with E-state index in [1.54, 1.807) is 30.2 Å². The van der Waals surface area contributed by atoms with Gasteiger partial charge in [-0.05, 0) is 35.4 Å². The van der Waals surface area contributed by atoms with Crippen molar-refractivity contribution in [2.24, 2.45) is 0 Å². The smallest absolute Gasteiger partial charge is 0.322 e. The van der Waals surface area contributed by atoms with Crippen LogP contribution in [0.2, 0.25) is 0 Å². The second kappa shape index (κ2) is 6.26. The number of rotatable bonds is 4. The lowest BCUT2D eigenvalue weighted by atomic mass is 9.89. The van der Waals surface area contributed by atoms with Gasteiger partial charge in [0.05, 0.1) is 7.11 Å². The maximum atomic E-state index is 12.7. The molecule has 3 amide bonds. The van der Waals surface area contributed by atoms with E-state index >= 15 is 0 Å². The number of aliphatic hydroxyl groups excluding tert-OH is 1. The first kappa shape index (κ1) is 17.3. The maximum absolute atomic E-state index is 12.7. The topological polar surface area (TPSA) is 111 Å². The van der Waals surface area contributed by atoms with Gasteiger partial charge in [-0.1, -0.05) is 18.2 Å². The number of urea groups is 1. The molecule has 1 saturated heterocycles. The van der Waals surface area contributed by atoms with Gasteiger partial charge < -0.3 is 20.3 Å². The molecule has 0 aromatic heterocycles. The lowest BCUT2D eigenvalue weighted by Crippen LogP contribution is -2.52. The van der Waals surface area contributed by atoms with Crippen molar-refractivity contribution < 1.29 is 24.5 Å². The van der Waals surface area contributed by atoms with Gasteiger partial charge in [0.1, 0.15) is 17.7 Å². The van der Waals surface area contributed by atoms with Crippen LogP contribution >= 0.6 is 0 Å². The minimum absolute atomic E-state index is 0.0549. The third-order valence-corrected chi connectivity index (χ3v) is 5.09. The number of phenols is 1. The van der Waals surface area contributed by atoms with Gasteiger partial charge in [0, 0.05) is 18.7 Å². The average Bonchev–Trinajstić information content (AvgIpc) is 3.12. The summed E-state index contributed by atoms with van der Waals surface area (Å²) in [5.74, 6) is 0.188. The zero-order chi connectivity index (χ0) is 19.2. The summed E-state index contributed by atoms with van der Waals surface area (Å²) in [4.78, 5) is 26.3. The number of ether oxygens (including phenoxy) is 1. The number of methoxy groups -OCH3 is 1. The number of carbonyl (C=O) groups excluding carboxylic acids is 2. The fraction of sp³-hybridized carbons (Fsp3) is 0.263. The van der Waals surface area contributed by atoms with Gasteiger partial charge in [-0.25, -0.2) is 4.79 Å². The number of phenolic OH excluding ortho intramolecular Hbond substituents is 1. The summed E-state index contributed by atoms with van der Waals surface area (Å²) in [6.45, 7) is 0.483. The van der Waals surface area contributed by atoms with Gasteiger partial charge in [0.15, 0.2) is 5.54 Å². The first-order valence-electron chi connectivity index (χ1n) is 8.45. The first-order valence-corrected chi connectivity index (χ1v) is 8.45. The summed E-state index contributed by atoms with van der Waals surface area (Å²) in [5, 5.41) is 25.3. The molecule has 140 valence electrons. The number of amides is 3. The quantitative estimate of drug-likeness (QED) is 0.597. The Morgan fingerprint density at radius 1 is 1.22 bits per heavy atom. The van der Waals surface area contributed by atoms with E-state index in [9.17, 15) is 19.8 Å². The minimum atomic E-state index is -1.36. The third kappa shape index (κ3) is 2.79. The van der Waals surface area contributed by atoms with E-state index in [1.807, 2.05) is 12.1 Å². The average molecular weight is 369 g/mol. The van der Waals surface area contributed by atoms with Gasteiger partial charge >= 0.3 is 6.03 Å². The monoisotopic (exact) mass is 369 g/mol. The molecule has 1 unspecified atom stereocenters. The number of fused-ring (bicyclic) bond motifs is 1. The summed E-state index contributed by atoms with van der Waals surface area (Å²) >= 11 is 0. The Kier molecular flexibility index (Phi) is 4.01. The molecule has 2 aliphatic rings. The Morgan fingerprint density at radius 3 is 2.59 bits per heavy atom. The normalized spacial score (nSPS) is 24.4. The largest absolute Gasteiger partial charge is 0.508 e. The van der Waals surface area contributed by atoms with Crippen molar-refractivity contribution in [3.05, 3.63) is 59.2 Å². The van der Waals surface area contributed by atoms with Crippen molar-refractivity contribution in [1.29, 1.82) is 0 Å². The SMILES string of the molecule is COc1ccc2c(c1)C(O)N(C[C@@]1(c3ccc(O)cc3)NC(=O)NC1=O)C2. The molecule has 4 N–H and O–H groups in total. The molecule has 27 heavy (non-hydrogen) atoms. The van der Waals surface area contributed by atoms with Crippen molar-refractivity contribution in [3.63, 3.8) is 0 Å². The van der Waals surface area contributed by atoms with E-state index in [1.165, 1.54) is 12.1 Å². The minimum Gasteiger partial charge on any atom is -0.508 e. The molecule has 0 aliphatic carbocycles. The van der Waals surface area contributed by atoms with E-state index in [0.717, 1.165) is 5.56 Å². The molecule has 2 aliphatic heterocycles. The number of hydrogen-bond donors (Lipinski definition) is 4. The molecule has 8 nitrogen and oxygen atoms in total. The number of aromatic hydroxyl groups is 1. The Morgan fingerprint density at radius 2 is 1.96 bits per heavy atom. The van der Waals surface area contributed by atoms with Crippen LogP contribution in [0.1, 0.15) is 22.9 Å². The van der Waals surface area contributed by atoms with Crippen LogP contribution < -0.4 is 15.4 Å². The Bertz CT molecular complexity index is 914. The van der Waals surface area contributed by atoms with Crippen molar-refractivity contribution in [2.75, 3.05) is 13.7 Å². The highest BCUT2D eigenvalue weighted by molar-refractivity contribution is 6.07. The molecule has 1 fully saturated rings. The number of aliphatic hydroxyl groups is 1. The summed E-state index contributed by atoms with van der Waals surface area (Å²) in [5.41, 5.74) is 0.788. The number of nitrogens with one attached hydrogen (secondary N) is 2. The summed E-state index contributed by atoms with van der Waals surface area (Å²) in [7, 11) is 1.55. The standard InChI is InChI=1S/C19H19N3O5/c1-27-14-7-2-11-9-22(16(24)15(11)8-14)10-19(17(25)20-18(26)21-19)12-3-5-13(23)6-4-12/h2-8,16,23-24H,9-10H2,1H3,(H2,20,21,25,26)/t16?,19-/m0/s1. The molecule has 8 heteroatoms. The Balaban J connectivity index is 1.68. The zero-order valence-corrected chi connectivity index (χ0v) is 14.6. The molecular formula is C19H19N3O5. The summed E-state index contributed by atoms with van der Waals surface area (Å²) < 4.78 is 5.21. The molecule has 2 aromatic rings. The fourth-order valence-corrected chi connectivity index (χ4v) is 3.68.